The van der Waals surface area contributed by atoms with Crippen LogP contribution in [-0.2, 0) is 28.4 Å². The number of hydrogen-bond acceptors (Lipinski definition) is 17. The molecule has 5 aliphatic carbocycles. The molecule has 64 heavy (non-hydrogen) atoms. The fourth-order valence-electron chi connectivity index (χ4n) is 16.4. The molecule has 25 atom stereocenters. The van der Waals surface area contributed by atoms with Crippen LogP contribution in [0.5, 0.6) is 0 Å². The van der Waals surface area contributed by atoms with E-state index in [1.807, 2.05) is 13.8 Å². The highest BCUT2D eigenvalue weighted by Gasteiger charge is 2.73. The first-order chi connectivity index (χ1) is 29.8. The lowest BCUT2D eigenvalue weighted by atomic mass is 9.31. The standard InChI is InChI=1S/C47H80O17/c1-42(2)26-12-16-46(7)27(44(26,5)15-13-29(42)62-39-35(56)31(52)23(51)20-59-39)9-10-28-45(6)14-11-21(30(45)22(50)17-47(28,46)8)43(3,4)64-41-37(58)34(55)38(25(19-49)61-41)63-40-36(57)33(54)32(53)24(18-48)60-40/h21-41,48-58H,9-20H2,1-8H3. The molecule has 0 aromatic heterocycles. The molecule has 3 saturated heterocycles. The predicted octanol–water partition coefficient (Wildman–Crippen LogP) is 0.302. The van der Waals surface area contributed by atoms with Gasteiger partial charge in [-0.3, -0.25) is 0 Å². The van der Waals surface area contributed by atoms with E-state index in [9.17, 15) is 56.2 Å². The predicted molar refractivity (Wildman–Crippen MR) is 225 cm³/mol. The molecule has 8 rings (SSSR count). The average molecular weight is 917 g/mol. The highest BCUT2D eigenvalue weighted by Crippen LogP contribution is 2.78. The maximum atomic E-state index is 12.6. The van der Waals surface area contributed by atoms with Crippen molar-refractivity contribution in [2.45, 2.75) is 217 Å². The van der Waals surface area contributed by atoms with Gasteiger partial charge in [-0.15, -0.1) is 0 Å². The number of aliphatic hydroxyl groups excluding tert-OH is 11. The molecule has 25 unspecified atom stereocenters. The molecule has 370 valence electrons. The van der Waals surface area contributed by atoms with Crippen LogP contribution in [-0.4, -0.2) is 180 Å². The van der Waals surface area contributed by atoms with Gasteiger partial charge in [0.25, 0.3) is 0 Å². The Bertz CT molecular complexity index is 1650. The molecule has 8 aliphatic rings. The molecule has 5 saturated carbocycles. The number of rotatable bonds is 9. The van der Waals surface area contributed by atoms with Crippen LogP contribution in [0.1, 0.15) is 113 Å². The van der Waals surface area contributed by atoms with E-state index in [0.717, 1.165) is 51.4 Å². The lowest BCUT2D eigenvalue weighted by Gasteiger charge is -2.74. The fourth-order valence-corrected chi connectivity index (χ4v) is 16.4. The zero-order chi connectivity index (χ0) is 46.9. The third kappa shape index (κ3) is 7.51. The summed E-state index contributed by atoms with van der Waals surface area (Å²) in [5.41, 5.74) is -1.68. The van der Waals surface area contributed by atoms with E-state index in [4.69, 9.17) is 28.4 Å². The van der Waals surface area contributed by atoms with Crippen molar-refractivity contribution in [3.05, 3.63) is 0 Å². The van der Waals surface area contributed by atoms with E-state index in [2.05, 4.69) is 41.5 Å². The monoisotopic (exact) mass is 917 g/mol. The van der Waals surface area contributed by atoms with E-state index in [0.29, 0.717) is 24.2 Å². The van der Waals surface area contributed by atoms with Gasteiger partial charge in [-0.2, -0.15) is 0 Å². The van der Waals surface area contributed by atoms with Crippen LogP contribution in [0.15, 0.2) is 0 Å². The van der Waals surface area contributed by atoms with E-state index in [1.165, 1.54) is 0 Å². The van der Waals surface area contributed by atoms with Crippen molar-refractivity contribution < 1.29 is 84.6 Å². The Labute approximate surface area is 377 Å². The summed E-state index contributed by atoms with van der Waals surface area (Å²) in [6, 6.07) is 0. The summed E-state index contributed by atoms with van der Waals surface area (Å²) in [6.45, 7) is 16.7. The fraction of sp³-hybridized carbons (Fsp3) is 1.00. The summed E-state index contributed by atoms with van der Waals surface area (Å²) in [7, 11) is 0. The van der Waals surface area contributed by atoms with Crippen molar-refractivity contribution in [3.8, 4) is 0 Å². The Morgan fingerprint density at radius 1 is 0.547 bits per heavy atom. The maximum absolute atomic E-state index is 12.6. The van der Waals surface area contributed by atoms with Crippen molar-refractivity contribution in [1.29, 1.82) is 0 Å². The third-order valence-electron chi connectivity index (χ3n) is 19.9. The van der Waals surface area contributed by atoms with Crippen molar-refractivity contribution in [2.75, 3.05) is 19.8 Å². The van der Waals surface area contributed by atoms with Gasteiger partial charge in [0.15, 0.2) is 18.9 Å². The van der Waals surface area contributed by atoms with Gasteiger partial charge in [0.05, 0.1) is 37.6 Å². The third-order valence-corrected chi connectivity index (χ3v) is 19.9. The zero-order valence-corrected chi connectivity index (χ0v) is 39.0. The first-order valence-electron chi connectivity index (χ1n) is 24.1. The summed E-state index contributed by atoms with van der Waals surface area (Å²) >= 11 is 0. The molecule has 0 bridgehead atoms. The largest absolute Gasteiger partial charge is 0.394 e. The molecule has 11 N–H and O–H groups in total. The van der Waals surface area contributed by atoms with E-state index in [-0.39, 0.29) is 51.6 Å². The first kappa shape index (κ1) is 49.7. The second kappa shape index (κ2) is 17.3. The quantitative estimate of drug-likeness (QED) is 0.139. The maximum Gasteiger partial charge on any atom is 0.187 e. The number of hydrogen-bond donors (Lipinski definition) is 11. The highest BCUT2D eigenvalue weighted by atomic mass is 16.7. The molecular weight excluding hydrogens is 836 g/mol. The summed E-state index contributed by atoms with van der Waals surface area (Å²) in [6.07, 6.45) is -13.1. The lowest BCUT2D eigenvalue weighted by molar-refractivity contribution is -0.370. The summed E-state index contributed by atoms with van der Waals surface area (Å²) < 4.78 is 36.1. The molecule has 17 heteroatoms. The Morgan fingerprint density at radius 2 is 1.14 bits per heavy atom. The molecule has 0 aromatic carbocycles. The SMILES string of the molecule is CC(C)(OC1OC(CO)C(OC2OC(CO)C(O)C(O)C2O)C(O)C1O)C1CCC2(C)C1C(O)CC1(C)C2CCC2C3(C)CCC(OC4OCC(O)C(O)C4O)C(C)(C)C3CCC21C. The van der Waals surface area contributed by atoms with Crippen molar-refractivity contribution in [3.63, 3.8) is 0 Å². The molecule has 0 aromatic rings. The van der Waals surface area contributed by atoms with Gasteiger partial charge in [0, 0.05) is 0 Å². The minimum Gasteiger partial charge on any atom is -0.394 e. The first-order valence-corrected chi connectivity index (χ1v) is 24.1. The molecule has 0 radical (unpaired) electrons. The normalized spacial score (nSPS) is 56.4. The second-order valence-corrected chi connectivity index (χ2v) is 23.5. The Morgan fingerprint density at radius 3 is 1.80 bits per heavy atom. The Balaban J connectivity index is 0.963. The number of ether oxygens (including phenoxy) is 6. The van der Waals surface area contributed by atoms with Gasteiger partial charge in [-0.1, -0.05) is 41.5 Å². The minimum absolute atomic E-state index is 0.000456. The van der Waals surface area contributed by atoms with Crippen LogP contribution < -0.4 is 0 Å². The van der Waals surface area contributed by atoms with E-state index < -0.39 is 111 Å². The Hall–Kier alpha value is -0.680. The highest BCUT2D eigenvalue weighted by molar-refractivity contribution is 5.21. The second-order valence-electron chi connectivity index (χ2n) is 23.5. The van der Waals surface area contributed by atoms with E-state index in [1.54, 1.807) is 0 Å². The van der Waals surface area contributed by atoms with Crippen LogP contribution in [0.2, 0.25) is 0 Å². The van der Waals surface area contributed by atoms with Gasteiger partial charge in [-0.05, 0) is 128 Å². The minimum atomic E-state index is -1.77. The molecule has 17 nitrogen and oxygen atoms in total. The molecule has 8 fully saturated rings. The van der Waals surface area contributed by atoms with Gasteiger partial charge in [0.2, 0.25) is 0 Å². The molecule has 3 aliphatic heterocycles. The van der Waals surface area contributed by atoms with Gasteiger partial charge in [-0.25, -0.2) is 0 Å². The van der Waals surface area contributed by atoms with E-state index >= 15 is 0 Å². The molecule has 0 amide bonds. The molecule has 3 heterocycles. The van der Waals surface area contributed by atoms with Crippen molar-refractivity contribution in [2.24, 2.45) is 56.7 Å². The number of fused-ring (bicyclic) bond motifs is 7. The van der Waals surface area contributed by atoms with Crippen LogP contribution in [0.25, 0.3) is 0 Å². The van der Waals surface area contributed by atoms with Crippen molar-refractivity contribution >= 4 is 0 Å². The zero-order valence-electron chi connectivity index (χ0n) is 39.0. The van der Waals surface area contributed by atoms with Crippen molar-refractivity contribution in [1.82, 2.24) is 0 Å². The number of aliphatic hydroxyl groups is 11. The summed E-state index contributed by atoms with van der Waals surface area (Å²) in [4.78, 5) is 0. The van der Waals surface area contributed by atoms with Gasteiger partial charge < -0.3 is 84.6 Å². The lowest BCUT2D eigenvalue weighted by Crippen LogP contribution is -2.69. The van der Waals surface area contributed by atoms with Gasteiger partial charge in [0.1, 0.15) is 67.1 Å². The van der Waals surface area contributed by atoms with Crippen LogP contribution in [0.3, 0.4) is 0 Å². The molecule has 0 spiro atoms. The molecular formula is C47H80O17. The summed E-state index contributed by atoms with van der Waals surface area (Å²) in [5.74, 6) is 0.786. The van der Waals surface area contributed by atoms with Crippen LogP contribution in [0.4, 0.5) is 0 Å². The topological polar surface area (TPSA) is 278 Å². The van der Waals surface area contributed by atoms with Gasteiger partial charge >= 0.3 is 0 Å². The van der Waals surface area contributed by atoms with Crippen LogP contribution in [0, 0.1) is 56.7 Å². The van der Waals surface area contributed by atoms with Crippen LogP contribution >= 0.6 is 0 Å². The Kier molecular flexibility index (Phi) is 13.5. The average Bonchev–Trinajstić information content (AvgIpc) is 3.61. The smallest absolute Gasteiger partial charge is 0.187 e. The summed E-state index contributed by atoms with van der Waals surface area (Å²) in [5, 5.41) is 118.